The smallest absolute Gasteiger partial charge is 0.512 e. The van der Waals surface area contributed by atoms with Crippen molar-refractivity contribution in [1.29, 1.82) is 10.5 Å². The average Bonchev–Trinajstić information content (AvgIpc) is 1.50. The van der Waals surface area contributed by atoms with Gasteiger partial charge >= 0.3 is 19.5 Å². The number of hydrogen-bond acceptors (Lipinski definition) is 2. The summed E-state index contributed by atoms with van der Waals surface area (Å²) in [4.78, 5) is 0. The number of rotatable bonds is 0. The van der Waals surface area contributed by atoms with Gasteiger partial charge in [0.15, 0.2) is 0 Å². The Balaban J connectivity index is -0.00000000500. The van der Waals surface area contributed by atoms with Gasteiger partial charge in [0.25, 0.3) is 0 Å². The minimum atomic E-state index is 0. The molecule has 0 aromatic carbocycles. The predicted molar refractivity (Wildman–Crippen MR) is 9.94 cm³/mol. The van der Waals surface area contributed by atoms with E-state index in [1.165, 1.54) is 0 Å². The van der Waals surface area contributed by atoms with Gasteiger partial charge in [-0.05, 0) is 0 Å². The van der Waals surface area contributed by atoms with Crippen molar-refractivity contribution in [3.05, 3.63) is 13.1 Å². The molecular formula is C2N2PdZn. The van der Waals surface area contributed by atoms with Crippen LogP contribution in [0.25, 0.3) is 0 Å². The first kappa shape index (κ1) is 33.8. The molecule has 0 fully saturated rings. The zero-order valence-electron chi connectivity index (χ0n) is 2.92. The minimum Gasteiger partial charge on any atom is -0.512 e. The van der Waals surface area contributed by atoms with Crippen molar-refractivity contribution >= 4 is 0 Å². The van der Waals surface area contributed by atoms with Crippen molar-refractivity contribution in [2.24, 2.45) is 0 Å². The van der Waals surface area contributed by atoms with E-state index in [9.17, 15) is 0 Å². The van der Waals surface area contributed by atoms with Crippen molar-refractivity contribution in [2.45, 2.75) is 0 Å². The first-order valence-electron chi connectivity index (χ1n) is 0.447. The topological polar surface area (TPSA) is 47.6 Å². The van der Waals surface area contributed by atoms with Gasteiger partial charge in [-0.3, -0.25) is 0 Å². The Morgan fingerprint density at radius 3 is 0.833 bits per heavy atom. The van der Waals surface area contributed by atoms with Gasteiger partial charge in [-0.15, -0.1) is 0 Å². The van der Waals surface area contributed by atoms with Crippen LogP contribution in [0.4, 0.5) is 0 Å². The van der Waals surface area contributed by atoms with Crippen molar-refractivity contribution in [3.63, 3.8) is 0 Å². The molecule has 0 amide bonds. The second kappa shape index (κ2) is 1360. The molecule has 0 aromatic rings. The maximum Gasteiger partial charge on any atom is 2.00 e. The summed E-state index contributed by atoms with van der Waals surface area (Å²) in [5.74, 6) is 0. The Kier molecular flexibility index (Phi) is 7650. The van der Waals surface area contributed by atoms with Gasteiger partial charge in [0.05, 0.1) is 0 Å². The van der Waals surface area contributed by atoms with E-state index in [4.69, 9.17) is 23.7 Å². The zero-order valence-corrected chi connectivity index (χ0v) is 7.44. The first-order chi connectivity index (χ1) is 2.00. The fourth-order valence-electron chi connectivity index (χ4n) is 0. The fourth-order valence-corrected chi connectivity index (χ4v) is 0. The van der Waals surface area contributed by atoms with Crippen LogP contribution in [0.5, 0.6) is 0 Å². The van der Waals surface area contributed by atoms with E-state index in [1.54, 1.807) is 0 Å². The average molecular weight is 224 g/mol. The molecule has 0 N–H and O–H groups in total. The monoisotopic (exact) mass is 222 g/mol. The van der Waals surface area contributed by atoms with Gasteiger partial charge in [-0.2, -0.15) is 0 Å². The van der Waals surface area contributed by atoms with Crippen LogP contribution in [0.15, 0.2) is 0 Å². The van der Waals surface area contributed by atoms with Crippen molar-refractivity contribution in [1.82, 2.24) is 0 Å². The molecule has 0 saturated heterocycles. The van der Waals surface area contributed by atoms with E-state index in [1.807, 2.05) is 0 Å². The van der Waals surface area contributed by atoms with Crippen LogP contribution in [0, 0.1) is 23.7 Å². The Labute approximate surface area is 63.6 Å². The van der Waals surface area contributed by atoms with Crippen molar-refractivity contribution < 1.29 is 39.9 Å². The summed E-state index contributed by atoms with van der Waals surface area (Å²) in [6.45, 7) is 9.50. The molecular weight excluding hydrogens is 224 g/mol. The van der Waals surface area contributed by atoms with Gasteiger partial charge in [-0.1, -0.05) is 0 Å². The van der Waals surface area contributed by atoms with E-state index in [2.05, 4.69) is 0 Å². The van der Waals surface area contributed by atoms with E-state index in [0.29, 0.717) is 0 Å². The van der Waals surface area contributed by atoms with E-state index in [-0.39, 0.29) is 39.9 Å². The minimum absolute atomic E-state index is 0. The molecule has 0 rings (SSSR count). The van der Waals surface area contributed by atoms with Crippen LogP contribution >= 0.6 is 0 Å². The number of hydrogen-bond donors (Lipinski definition) is 0. The molecule has 0 bridgehead atoms. The van der Waals surface area contributed by atoms with Gasteiger partial charge in [0.1, 0.15) is 0 Å². The second-order valence-electron chi connectivity index (χ2n) is 0. The third-order valence-corrected chi connectivity index (χ3v) is 0. The molecule has 0 radical (unpaired) electrons. The fraction of sp³-hybridized carbons (Fsp3) is 0. The normalized spacial score (nSPS) is 0.667. The molecule has 30 valence electrons. The molecule has 0 aliphatic rings. The molecule has 0 atom stereocenters. The molecule has 0 aliphatic heterocycles. The Hall–Kier alpha value is 0.266. The van der Waals surface area contributed by atoms with Crippen LogP contribution in [-0.4, -0.2) is 0 Å². The third kappa shape index (κ3) is 644. The Morgan fingerprint density at radius 2 is 0.833 bits per heavy atom. The van der Waals surface area contributed by atoms with E-state index >= 15 is 0 Å². The molecule has 0 saturated carbocycles. The first-order valence-corrected chi connectivity index (χ1v) is 0.447. The van der Waals surface area contributed by atoms with Crippen molar-refractivity contribution in [3.8, 4) is 0 Å². The van der Waals surface area contributed by atoms with Crippen LogP contribution < -0.4 is 0 Å². The van der Waals surface area contributed by atoms with Gasteiger partial charge in [0.2, 0.25) is 0 Å². The van der Waals surface area contributed by atoms with E-state index < -0.39 is 0 Å². The maximum atomic E-state index is 6.25. The van der Waals surface area contributed by atoms with E-state index in [0.717, 1.165) is 0 Å². The van der Waals surface area contributed by atoms with Gasteiger partial charge < -0.3 is 23.7 Å². The molecule has 0 aliphatic carbocycles. The maximum absolute atomic E-state index is 6.25. The SMILES string of the molecule is [C-]#N.[C-]#N.[Pd].[Zn+2]. The molecule has 0 aromatic heterocycles. The van der Waals surface area contributed by atoms with Crippen molar-refractivity contribution in [2.75, 3.05) is 0 Å². The van der Waals surface area contributed by atoms with Gasteiger partial charge in [0, 0.05) is 20.4 Å². The van der Waals surface area contributed by atoms with Crippen LogP contribution in [0.1, 0.15) is 0 Å². The summed E-state index contributed by atoms with van der Waals surface area (Å²) >= 11 is 0. The summed E-state index contributed by atoms with van der Waals surface area (Å²) in [7, 11) is 0. The standard InChI is InChI=1S/2CN.Pd.Zn/c2*1-2;;/q2*-1;;+2. The number of nitrogens with zero attached hydrogens (tertiary/aromatic N) is 2. The molecule has 4 heteroatoms. The molecule has 0 unspecified atom stereocenters. The quantitative estimate of drug-likeness (QED) is 0.435. The summed E-state index contributed by atoms with van der Waals surface area (Å²) in [6.07, 6.45) is 0. The van der Waals surface area contributed by atoms with Crippen LogP contribution in [0.3, 0.4) is 0 Å². The second-order valence-corrected chi connectivity index (χ2v) is 0. The van der Waals surface area contributed by atoms with Gasteiger partial charge in [-0.25, -0.2) is 0 Å². The summed E-state index contributed by atoms with van der Waals surface area (Å²) in [5.41, 5.74) is 0. The summed E-state index contributed by atoms with van der Waals surface area (Å²) in [5, 5.41) is 12.5. The summed E-state index contributed by atoms with van der Waals surface area (Å²) < 4.78 is 0. The molecule has 2 nitrogen and oxygen atoms in total. The Bertz CT molecular complexity index is 27.0. The zero-order chi connectivity index (χ0) is 4.00. The molecule has 6 heavy (non-hydrogen) atoms. The van der Waals surface area contributed by atoms with Crippen LogP contribution in [0.2, 0.25) is 0 Å². The Morgan fingerprint density at radius 1 is 0.833 bits per heavy atom. The molecule has 0 heterocycles. The van der Waals surface area contributed by atoms with Crippen LogP contribution in [-0.2, 0) is 39.9 Å². The molecule has 0 spiro atoms. The third-order valence-electron chi connectivity index (χ3n) is 0. The summed E-state index contributed by atoms with van der Waals surface area (Å²) in [6, 6.07) is 0. The largest absolute Gasteiger partial charge is 2.00 e. The predicted octanol–water partition coefficient (Wildman–Crippen LogP) is 0.188.